The lowest BCUT2D eigenvalue weighted by atomic mass is 10.0. The summed E-state index contributed by atoms with van der Waals surface area (Å²) in [5.41, 5.74) is 2.08. The molecular weight excluding hydrogens is 345 g/mol. The van der Waals surface area contributed by atoms with Crippen LogP contribution in [0.15, 0.2) is 24.3 Å². The highest BCUT2D eigenvalue weighted by atomic mass is 35.5. The van der Waals surface area contributed by atoms with Crippen LogP contribution < -0.4 is 4.90 Å². The number of aryl methyl sites for hydroxylation is 1. The number of hydrogen-bond donors (Lipinski definition) is 0. The third kappa shape index (κ3) is 2.76. The number of thiophene rings is 1. The van der Waals surface area contributed by atoms with Gasteiger partial charge in [-0.3, -0.25) is 0 Å². The van der Waals surface area contributed by atoms with Crippen molar-refractivity contribution in [2.24, 2.45) is 0 Å². The van der Waals surface area contributed by atoms with Gasteiger partial charge in [-0.25, -0.2) is 9.37 Å². The number of aromatic nitrogens is 2. The van der Waals surface area contributed by atoms with Gasteiger partial charge in [-0.1, -0.05) is 12.1 Å². The molecule has 0 aliphatic carbocycles. The standard InChI is InChI=1S/C18H17ClFN3S/c1-11-14(12-5-7-13(20)8-6-12)15-16(23-9-3-2-4-10-23)21-18(19)22-17(15)24-11/h5-8H,2-4,9-10H2,1H3. The van der Waals surface area contributed by atoms with Crippen LogP contribution in [0, 0.1) is 12.7 Å². The normalized spacial score (nSPS) is 15.2. The summed E-state index contributed by atoms with van der Waals surface area (Å²) >= 11 is 7.79. The molecule has 3 aromatic rings. The Morgan fingerprint density at radius 2 is 1.79 bits per heavy atom. The molecule has 0 bridgehead atoms. The van der Waals surface area contributed by atoms with Crippen molar-refractivity contribution < 1.29 is 4.39 Å². The van der Waals surface area contributed by atoms with Gasteiger partial charge < -0.3 is 4.90 Å². The van der Waals surface area contributed by atoms with Crippen LogP contribution in [0.25, 0.3) is 21.3 Å². The third-order valence-electron chi connectivity index (χ3n) is 4.47. The van der Waals surface area contributed by atoms with E-state index in [0.29, 0.717) is 0 Å². The average Bonchev–Trinajstić information content (AvgIpc) is 2.91. The topological polar surface area (TPSA) is 29.0 Å². The zero-order chi connectivity index (χ0) is 16.7. The summed E-state index contributed by atoms with van der Waals surface area (Å²) in [5.74, 6) is 0.680. The molecule has 124 valence electrons. The Morgan fingerprint density at radius 3 is 2.50 bits per heavy atom. The van der Waals surface area contributed by atoms with Crippen LogP contribution in [-0.2, 0) is 0 Å². The molecule has 1 fully saturated rings. The summed E-state index contributed by atoms with van der Waals surface area (Å²) < 4.78 is 13.3. The summed E-state index contributed by atoms with van der Waals surface area (Å²) in [6.45, 7) is 4.04. The Kier molecular flexibility index (Phi) is 4.14. The van der Waals surface area contributed by atoms with Crippen LogP contribution in [0.4, 0.5) is 10.2 Å². The predicted octanol–water partition coefficient (Wildman–Crippen LogP) is 5.45. The van der Waals surface area contributed by atoms with E-state index in [4.69, 9.17) is 11.6 Å². The lowest BCUT2D eigenvalue weighted by Gasteiger charge is -2.28. The van der Waals surface area contributed by atoms with Gasteiger partial charge in [0.25, 0.3) is 0 Å². The first-order valence-electron chi connectivity index (χ1n) is 8.11. The largest absolute Gasteiger partial charge is 0.356 e. The summed E-state index contributed by atoms with van der Waals surface area (Å²) in [7, 11) is 0. The first-order chi connectivity index (χ1) is 11.6. The Bertz CT molecular complexity index is 885. The molecular formula is C18H17ClFN3S. The van der Waals surface area contributed by atoms with E-state index in [0.717, 1.165) is 58.0 Å². The number of anilines is 1. The number of fused-ring (bicyclic) bond motifs is 1. The number of hydrogen-bond acceptors (Lipinski definition) is 4. The molecule has 0 amide bonds. The van der Waals surface area contributed by atoms with E-state index >= 15 is 0 Å². The quantitative estimate of drug-likeness (QED) is 0.568. The van der Waals surface area contributed by atoms with E-state index in [9.17, 15) is 4.39 Å². The predicted molar refractivity (Wildman–Crippen MR) is 98.6 cm³/mol. The SMILES string of the molecule is Cc1sc2nc(Cl)nc(N3CCCCC3)c2c1-c1ccc(F)cc1. The molecule has 0 N–H and O–H groups in total. The molecule has 3 nitrogen and oxygen atoms in total. The van der Waals surface area contributed by atoms with Crippen molar-refractivity contribution in [1.29, 1.82) is 0 Å². The van der Waals surface area contributed by atoms with Crippen LogP contribution in [0.1, 0.15) is 24.1 Å². The summed E-state index contributed by atoms with van der Waals surface area (Å²) in [4.78, 5) is 13.3. The van der Waals surface area contributed by atoms with Gasteiger partial charge in [-0.15, -0.1) is 11.3 Å². The van der Waals surface area contributed by atoms with Gasteiger partial charge in [0, 0.05) is 23.5 Å². The Labute approximate surface area is 149 Å². The Hall–Kier alpha value is -1.72. The number of benzene rings is 1. The molecule has 6 heteroatoms. The summed E-state index contributed by atoms with van der Waals surface area (Å²) in [5, 5.41) is 1.32. The zero-order valence-corrected chi connectivity index (χ0v) is 14.9. The minimum atomic E-state index is -0.230. The van der Waals surface area contributed by atoms with E-state index in [1.807, 2.05) is 12.1 Å². The van der Waals surface area contributed by atoms with Gasteiger partial charge in [-0.05, 0) is 55.5 Å². The van der Waals surface area contributed by atoms with Gasteiger partial charge in [0.2, 0.25) is 5.28 Å². The monoisotopic (exact) mass is 361 g/mol. The van der Waals surface area contributed by atoms with Gasteiger partial charge in [0.05, 0.1) is 5.39 Å². The fraction of sp³-hybridized carbons (Fsp3) is 0.333. The Balaban J connectivity index is 1.96. The van der Waals surface area contributed by atoms with Crippen LogP contribution in [-0.4, -0.2) is 23.1 Å². The van der Waals surface area contributed by atoms with E-state index < -0.39 is 0 Å². The third-order valence-corrected chi connectivity index (χ3v) is 5.64. The number of rotatable bonds is 2. The molecule has 0 spiro atoms. The van der Waals surface area contributed by atoms with Crippen molar-refractivity contribution in [2.45, 2.75) is 26.2 Å². The maximum Gasteiger partial charge on any atom is 0.225 e. The number of nitrogens with zero attached hydrogens (tertiary/aromatic N) is 3. The summed E-state index contributed by atoms with van der Waals surface area (Å²) in [6.07, 6.45) is 3.59. The van der Waals surface area contributed by atoms with Crippen molar-refractivity contribution >= 4 is 39.0 Å². The maximum absolute atomic E-state index is 13.3. The molecule has 3 heterocycles. The highest BCUT2D eigenvalue weighted by Gasteiger charge is 2.22. The molecule has 1 aliphatic rings. The molecule has 4 rings (SSSR count). The highest BCUT2D eigenvalue weighted by Crippen LogP contribution is 2.42. The van der Waals surface area contributed by atoms with E-state index in [1.54, 1.807) is 11.3 Å². The highest BCUT2D eigenvalue weighted by molar-refractivity contribution is 7.19. The fourth-order valence-electron chi connectivity index (χ4n) is 3.37. The first-order valence-corrected chi connectivity index (χ1v) is 9.30. The number of halogens is 2. The van der Waals surface area contributed by atoms with Crippen LogP contribution >= 0.6 is 22.9 Å². The number of piperidine rings is 1. The fourth-order valence-corrected chi connectivity index (χ4v) is 4.62. The minimum absolute atomic E-state index is 0.230. The molecule has 0 saturated carbocycles. The summed E-state index contributed by atoms with van der Waals surface area (Å²) in [6, 6.07) is 6.63. The average molecular weight is 362 g/mol. The second-order valence-electron chi connectivity index (χ2n) is 6.08. The van der Waals surface area contributed by atoms with Gasteiger partial charge in [0.1, 0.15) is 16.5 Å². The Morgan fingerprint density at radius 1 is 1.08 bits per heavy atom. The van der Waals surface area contributed by atoms with E-state index in [1.165, 1.54) is 18.6 Å². The molecule has 1 aliphatic heterocycles. The van der Waals surface area contributed by atoms with Crippen molar-refractivity contribution in [1.82, 2.24) is 9.97 Å². The zero-order valence-electron chi connectivity index (χ0n) is 13.4. The van der Waals surface area contributed by atoms with Gasteiger partial charge >= 0.3 is 0 Å². The molecule has 0 radical (unpaired) electrons. The van der Waals surface area contributed by atoms with E-state index in [-0.39, 0.29) is 11.1 Å². The van der Waals surface area contributed by atoms with E-state index in [2.05, 4.69) is 21.8 Å². The van der Waals surface area contributed by atoms with Crippen LogP contribution in [0.3, 0.4) is 0 Å². The lowest BCUT2D eigenvalue weighted by molar-refractivity contribution is 0.574. The minimum Gasteiger partial charge on any atom is -0.356 e. The van der Waals surface area contributed by atoms with Crippen molar-refractivity contribution in [3.8, 4) is 11.1 Å². The molecule has 1 saturated heterocycles. The van der Waals surface area contributed by atoms with Crippen molar-refractivity contribution in [3.05, 3.63) is 40.2 Å². The van der Waals surface area contributed by atoms with Gasteiger partial charge in [0.15, 0.2) is 0 Å². The smallest absolute Gasteiger partial charge is 0.225 e. The first kappa shape index (κ1) is 15.8. The molecule has 0 atom stereocenters. The van der Waals surface area contributed by atoms with Crippen LogP contribution in [0.2, 0.25) is 5.28 Å². The molecule has 24 heavy (non-hydrogen) atoms. The molecule has 0 unspecified atom stereocenters. The lowest BCUT2D eigenvalue weighted by Crippen LogP contribution is -2.30. The molecule has 1 aromatic carbocycles. The molecule has 2 aromatic heterocycles. The van der Waals surface area contributed by atoms with Gasteiger partial charge in [-0.2, -0.15) is 4.98 Å². The second kappa shape index (κ2) is 6.30. The van der Waals surface area contributed by atoms with Crippen molar-refractivity contribution in [2.75, 3.05) is 18.0 Å². The second-order valence-corrected chi connectivity index (χ2v) is 7.63. The van der Waals surface area contributed by atoms with Crippen LogP contribution in [0.5, 0.6) is 0 Å². The van der Waals surface area contributed by atoms with Crippen molar-refractivity contribution in [3.63, 3.8) is 0 Å². The maximum atomic E-state index is 13.3.